The second-order valence-corrected chi connectivity index (χ2v) is 5.27. The van der Waals surface area contributed by atoms with Crippen molar-refractivity contribution < 1.29 is 4.74 Å². The van der Waals surface area contributed by atoms with E-state index in [1.165, 1.54) is 0 Å². The third-order valence-corrected chi connectivity index (χ3v) is 2.27. The SMILES string of the molecule is CC(C)(C)CCOc1cncc(C#CCCl)c1. The molecule has 0 aliphatic heterocycles. The first-order chi connectivity index (χ1) is 8.01. The normalized spacial score (nSPS) is 10.6. The number of halogens is 1. The molecular formula is C14H18ClNO. The van der Waals surface area contributed by atoms with Crippen molar-refractivity contribution in [2.24, 2.45) is 5.41 Å². The Morgan fingerprint density at radius 2 is 2.12 bits per heavy atom. The number of hydrogen-bond acceptors (Lipinski definition) is 2. The highest BCUT2D eigenvalue weighted by molar-refractivity contribution is 6.19. The van der Waals surface area contributed by atoms with Crippen LogP contribution in [0.5, 0.6) is 5.75 Å². The van der Waals surface area contributed by atoms with Gasteiger partial charge in [-0.15, -0.1) is 11.6 Å². The van der Waals surface area contributed by atoms with E-state index in [1.54, 1.807) is 12.4 Å². The van der Waals surface area contributed by atoms with Crippen LogP contribution in [0.2, 0.25) is 0 Å². The molecular weight excluding hydrogens is 234 g/mol. The Kier molecular flexibility index (Phi) is 5.31. The van der Waals surface area contributed by atoms with E-state index in [9.17, 15) is 0 Å². The van der Waals surface area contributed by atoms with Crippen molar-refractivity contribution in [3.8, 4) is 17.6 Å². The first kappa shape index (κ1) is 13.9. The molecule has 0 saturated carbocycles. The van der Waals surface area contributed by atoms with Crippen LogP contribution in [0, 0.1) is 17.3 Å². The molecule has 0 amide bonds. The average molecular weight is 252 g/mol. The molecule has 0 fully saturated rings. The summed E-state index contributed by atoms with van der Waals surface area (Å²) < 4.78 is 5.64. The zero-order valence-electron chi connectivity index (χ0n) is 10.6. The molecule has 3 heteroatoms. The average Bonchev–Trinajstić information content (AvgIpc) is 2.25. The lowest BCUT2D eigenvalue weighted by Gasteiger charge is -2.17. The van der Waals surface area contributed by atoms with Gasteiger partial charge >= 0.3 is 0 Å². The Morgan fingerprint density at radius 1 is 1.35 bits per heavy atom. The second-order valence-electron chi connectivity index (χ2n) is 5.00. The van der Waals surface area contributed by atoms with Crippen molar-refractivity contribution in [3.63, 3.8) is 0 Å². The van der Waals surface area contributed by atoms with Crippen LogP contribution in [0.25, 0.3) is 0 Å². The quantitative estimate of drug-likeness (QED) is 0.606. The van der Waals surface area contributed by atoms with E-state index in [-0.39, 0.29) is 5.41 Å². The van der Waals surface area contributed by atoms with Crippen LogP contribution in [0.15, 0.2) is 18.5 Å². The van der Waals surface area contributed by atoms with Gasteiger partial charge in [0, 0.05) is 11.8 Å². The van der Waals surface area contributed by atoms with E-state index in [1.807, 2.05) is 6.07 Å². The van der Waals surface area contributed by atoms with E-state index in [2.05, 4.69) is 37.6 Å². The maximum atomic E-state index is 5.64. The minimum absolute atomic E-state index is 0.281. The molecule has 0 atom stereocenters. The van der Waals surface area contributed by atoms with Crippen LogP contribution in [0.1, 0.15) is 32.8 Å². The van der Waals surface area contributed by atoms with Gasteiger partial charge in [0.05, 0.1) is 18.7 Å². The summed E-state index contributed by atoms with van der Waals surface area (Å²) in [5, 5.41) is 0. The fourth-order valence-corrected chi connectivity index (χ4v) is 1.24. The van der Waals surface area contributed by atoms with E-state index >= 15 is 0 Å². The largest absolute Gasteiger partial charge is 0.492 e. The van der Waals surface area contributed by atoms with Gasteiger partial charge in [-0.2, -0.15) is 0 Å². The summed E-state index contributed by atoms with van der Waals surface area (Å²) in [5.74, 6) is 6.80. The van der Waals surface area contributed by atoms with Gasteiger partial charge in [0.25, 0.3) is 0 Å². The standard InChI is InChI=1S/C14H18ClNO/c1-14(2,3)6-8-17-13-9-12(5-4-7-15)10-16-11-13/h9-11H,6-8H2,1-3H3. The summed E-state index contributed by atoms with van der Waals surface area (Å²) in [4.78, 5) is 4.08. The molecule has 1 aromatic heterocycles. The summed E-state index contributed by atoms with van der Waals surface area (Å²) in [5.41, 5.74) is 1.11. The predicted octanol–water partition coefficient (Wildman–Crippen LogP) is 3.49. The Morgan fingerprint density at radius 3 is 2.76 bits per heavy atom. The molecule has 0 aliphatic rings. The molecule has 1 heterocycles. The van der Waals surface area contributed by atoms with Crippen LogP contribution in [-0.2, 0) is 0 Å². The number of nitrogens with zero attached hydrogens (tertiary/aromatic N) is 1. The van der Waals surface area contributed by atoms with Gasteiger partial charge in [0.1, 0.15) is 5.75 Å². The van der Waals surface area contributed by atoms with Crippen molar-refractivity contribution in [3.05, 3.63) is 24.0 Å². The first-order valence-corrected chi connectivity index (χ1v) is 6.17. The highest BCUT2D eigenvalue weighted by Crippen LogP contribution is 2.19. The van der Waals surface area contributed by atoms with Crippen LogP contribution in [0.3, 0.4) is 0 Å². The third-order valence-electron chi connectivity index (χ3n) is 2.13. The highest BCUT2D eigenvalue weighted by atomic mass is 35.5. The lowest BCUT2D eigenvalue weighted by atomic mass is 9.93. The van der Waals surface area contributed by atoms with Crippen LogP contribution >= 0.6 is 11.6 Å². The van der Waals surface area contributed by atoms with Gasteiger partial charge < -0.3 is 4.74 Å². The summed E-state index contributed by atoms with van der Waals surface area (Å²) in [6.07, 6.45) is 4.41. The topological polar surface area (TPSA) is 22.1 Å². The Bertz CT molecular complexity index is 412. The van der Waals surface area contributed by atoms with E-state index < -0.39 is 0 Å². The van der Waals surface area contributed by atoms with Crippen LogP contribution in [-0.4, -0.2) is 17.5 Å². The molecule has 0 unspecified atom stereocenters. The molecule has 1 aromatic rings. The molecule has 1 rings (SSSR count). The van der Waals surface area contributed by atoms with Crippen LogP contribution in [0.4, 0.5) is 0 Å². The van der Waals surface area contributed by atoms with Gasteiger partial charge in [-0.25, -0.2) is 0 Å². The monoisotopic (exact) mass is 251 g/mol. The molecule has 92 valence electrons. The van der Waals surface area contributed by atoms with Crippen LogP contribution < -0.4 is 4.74 Å². The lowest BCUT2D eigenvalue weighted by molar-refractivity contribution is 0.242. The minimum Gasteiger partial charge on any atom is -0.492 e. The number of alkyl halides is 1. The number of ether oxygens (including phenoxy) is 1. The second kappa shape index (κ2) is 6.51. The summed E-state index contributed by atoms with van der Waals surface area (Å²) in [6.45, 7) is 7.27. The van der Waals surface area contributed by atoms with Crippen molar-refractivity contribution in [2.45, 2.75) is 27.2 Å². The van der Waals surface area contributed by atoms with E-state index in [0.717, 1.165) is 17.7 Å². The fraction of sp³-hybridized carbons (Fsp3) is 0.500. The Labute approximate surface area is 108 Å². The van der Waals surface area contributed by atoms with E-state index in [4.69, 9.17) is 16.3 Å². The molecule has 0 aromatic carbocycles. The molecule has 0 radical (unpaired) electrons. The fourth-order valence-electron chi connectivity index (χ4n) is 1.18. The van der Waals surface area contributed by atoms with Gasteiger partial charge in [0.2, 0.25) is 0 Å². The van der Waals surface area contributed by atoms with Gasteiger partial charge in [-0.3, -0.25) is 4.98 Å². The number of rotatable bonds is 3. The molecule has 0 aliphatic carbocycles. The third kappa shape index (κ3) is 6.19. The number of hydrogen-bond donors (Lipinski definition) is 0. The number of pyridine rings is 1. The predicted molar refractivity (Wildman–Crippen MR) is 71.4 cm³/mol. The zero-order chi connectivity index (χ0) is 12.7. The number of aromatic nitrogens is 1. The molecule has 0 spiro atoms. The molecule has 0 N–H and O–H groups in total. The van der Waals surface area contributed by atoms with Crippen molar-refractivity contribution in [1.82, 2.24) is 4.98 Å². The maximum absolute atomic E-state index is 5.64. The highest BCUT2D eigenvalue weighted by Gasteiger charge is 2.09. The summed E-state index contributed by atoms with van der Waals surface area (Å²) in [6, 6.07) is 1.88. The maximum Gasteiger partial charge on any atom is 0.138 e. The van der Waals surface area contributed by atoms with Gasteiger partial charge in [-0.05, 0) is 17.9 Å². The van der Waals surface area contributed by atoms with E-state index in [0.29, 0.717) is 12.5 Å². The van der Waals surface area contributed by atoms with Crippen molar-refractivity contribution in [2.75, 3.05) is 12.5 Å². The molecule has 0 bridgehead atoms. The smallest absolute Gasteiger partial charge is 0.138 e. The Balaban J connectivity index is 2.54. The molecule has 0 saturated heterocycles. The molecule has 2 nitrogen and oxygen atoms in total. The summed E-state index contributed by atoms with van der Waals surface area (Å²) in [7, 11) is 0. The lowest BCUT2D eigenvalue weighted by Crippen LogP contribution is -2.11. The Hall–Kier alpha value is -1.20. The zero-order valence-corrected chi connectivity index (χ0v) is 11.3. The van der Waals surface area contributed by atoms with Gasteiger partial charge in [-0.1, -0.05) is 32.6 Å². The minimum atomic E-state index is 0.281. The van der Waals surface area contributed by atoms with Crippen molar-refractivity contribution in [1.29, 1.82) is 0 Å². The first-order valence-electron chi connectivity index (χ1n) is 5.64. The van der Waals surface area contributed by atoms with Gasteiger partial charge in [0.15, 0.2) is 0 Å². The molecule has 17 heavy (non-hydrogen) atoms. The van der Waals surface area contributed by atoms with Crippen molar-refractivity contribution >= 4 is 11.6 Å². The summed E-state index contributed by atoms with van der Waals surface area (Å²) >= 11 is 5.50.